The highest BCUT2D eigenvalue weighted by atomic mass is 32.2. The standard InChI is InChI=1S/C31H38F3N5O4S/c1-35-44(40,41)25-12-13-28(30(20-25)42-2)36-14-4-5-24-19-26-27(6-3-7-29(26)39(24)21-31(32,33)34)37-22-8-10-23(11-9-22)38-15-17-43-18-16-38/h3,6-7,12-13,19-20,22-23,35-37H,8-11,14-18,21H2,1-2H3. The van der Waals surface area contributed by atoms with E-state index in [1.165, 1.54) is 30.9 Å². The van der Waals surface area contributed by atoms with Gasteiger partial charge in [0.1, 0.15) is 12.3 Å². The van der Waals surface area contributed by atoms with Crippen LogP contribution in [0.2, 0.25) is 0 Å². The van der Waals surface area contributed by atoms with Crippen LogP contribution in [-0.4, -0.2) is 83.2 Å². The molecule has 1 aromatic heterocycles. The summed E-state index contributed by atoms with van der Waals surface area (Å²) in [5.41, 5.74) is 2.03. The van der Waals surface area contributed by atoms with Crippen molar-refractivity contribution in [2.45, 2.75) is 55.4 Å². The summed E-state index contributed by atoms with van der Waals surface area (Å²) in [5, 5.41) is 7.37. The molecule has 1 aliphatic carbocycles. The summed E-state index contributed by atoms with van der Waals surface area (Å²) in [6, 6.07) is 12.3. The van der Waals surface area contributed by atoms with E-state index in [9.17, 15) is 21.6 Å². The van der Waals surface area contributed by atoms with Crippen LogP contribution in [0.3, 0.4) is 0 Å². The molecule has 0 bridgehead atoms. The Morgan fingerprint density at radius 1 is 1.05 bits per heavy atom. The van der Waals surface area contributed by atoms with Crippen molar-refractivity contribution in [3.63, 3.8) is 0 Å². The lowest BCUT2D eigenvalue weighted by atomic mass is 9.89. The van der Waals surface area contributed by atoms with Gasteiger partial charge in [0.05, 0.1) is 48.7 Å². The highest BCUT2D eigenvalue weighted by molar-refractivity contribution is 7.89. The van der Waals surface area contributed by atoms with Crippen LogP contribution in [0.15, 0.2) is 47.4 Å². The number of aromatic nitrogens is 1. The maximum Gasteiger partial charge on any atom is 0.406 e. The number of nitrogens with one attached hydrogen (secondary N) is 3. The molecule has 0 spiro atoms. The van der Waals surface area contributed by atoms with Gasteiger partial charge in [-0.05, 0) is 69.0 Å². The average molecular weight is 634 g/mol. The van der Waals surface area contributed by atoms with Gasteiger partial charge in [-0.3, -0.25) is 4.90 Å². The highest BCUT2D eigenvalue weighted by Crippen LogP contribution is 2.33. The minimum absolute atomic E-state index is 0.0414. The number of ether oxygens (including phenoxy) is 2. The third-order valence-electron chi connectivity index (χ3n) is 8.24. The normalized spacial score (nSPS) is 19.8. The number of hydrogen-bond acceptors (Lipinski definition) is 7. The Morgan fingerprint density at radius 2 is 1.80 bits per heavy atom. The molecule has 238 valence electrons. The molecule has 13 heteroatoms. The van der Waals surface area contributed by atoms with Crippen LogP contribution < -0.4 is 20.1 Å². The van der Waals surface area contributed by atoms with Crippen LogP contribution in [0, 0.1) is 11.8 Å². The molecule has 2 aliphatic rings. The zero-order valence-corrected chi connectivity index (χ0v) is 25.7. The molecule has 1 saturated carbocycles. The lowest BCUT2D eigenvalue weighted by Gasteiger charge is -2.39. The molecule has 3 N–H and O–H groups in total. The SMILES string of the molecule is CNS(=O)(=O)c1ccc(NCC#Cc2cc3c(NC4CCC(N5CCOCC5)CC4)cccc3n2CC(F)(F)F)c(OC)c1. The Hall–Kier alpha value is -3.44. The molecule has 3 aromatic rings. The monoisotopic (exact) mass is 633 g/mol. The van der Waals surface area contributed by atoms with Crippen LogP contribution in [0.25, 0.3) is 10.9 Å². The van der Waals surface area contributed by atoms with E-state index in [2.05, 4.69) is 32.1 Å². The minimum atomic E-state index is -4.43. The number of rotatable bonds is 9. The van der Waals surface area contributed by atoms with Crippen LogP contribution in [0.5, 0.6) is 5.75 Å². The fourth-order valence-corrected chi connectivity index (χ4v) is 6.73. The molecule has 0 radical (unpaired) electrons. The molecule has 0 unspecified atom stereocenters. The summed E-state index contributed by atoms with van der Waals surface area (Å²) in [5.74, 6) is 6.12. The zero-order chi connectivity index (χ0) is 31.3. The lowest BCUT2D eigenvalue weighted by Crippen LogP contribution is -2.46. The van der Waals surface area contributed by atoms with E-state index in [1.54, 1.807) is 24.3 Å². The van der Waals surface area contributed by atoms with E-state index in [4.69, 9.17) is 9.47 Å². The van der Waals surface area contributed by atoms with E-state index < -0.39 is 22.7 Å². The van der Waals surface area contributed by atoms with E-state index in [-0.39, 0.29) is 23.2 Å². The molecule has 0 amide bonds. The molecule has 9 nitrogen and oxygen atoms in total. The predicted octanol–water partition coefficient (Wildman–Crippen LogP) is 4.64. The zero-order valence-electron chi connectivity index (χ0n) is 24.8. The highest BCUT2D eigenvalue weighted by Gasteiger charge is 2.31. The van der Waals surface area contributed by atoms with Gasteiger partial charge in [0.2, 0.25) is 10.0 Å². The number of morpholine rings is 1. The Balaban J connectivity index is 1.32. The number of sulfonamides is 1. The van der Waals surface area contributed by atoms with E-state index in [1.807, 2.05) is 6.07 Å². The Kier molecular flexibility index (Phi) is 9.94. The van der Waals surface area contributed by atoms with E-state index in [0.29, 0.717) is 28.4 Å². The topological polar surface area (TPSA) is 96.9 Å². The molecule has 2 heterocycles. The maximum atomic E-state index is 13.7. The van der Waals surface area contributed by atoms with Gasteiger partial charge in [0.25, 0.3) is 0 Å². The molecule has 44 heavy (non-hydrogen) atoms. The number of benzene rings is 2. The number of alkyl halides is 3. The van der Waals surface area contributed by atoms with Crippen molar-refractivity contribution in [3.05, 3.63) is 48.2 Å². The van der Waals surface area contributed by atoms with Gasteiger partial charge in [0.15, 0.2) is 0 Å². The first kappa shape index (κ1) is 32.0. The van der Waals surface area contributed by atoms with Crippen LogP contribution in [-0.2, 0) is 21.3 Å². The number of hydrogen-bond donors (Lipinski definition) is 3. The van der Waals surface area contributed by atoms with Crippen molar-refractivity contribution in [2.24, 2.45) is 0 Å². The first-order chi connectivity index (χ1) is 21.1. The summed E-state index contributed by atoms with van der Waals surface area (Å²) in [6.07, 6.45) is -0.294. The Morgan fingerprint density at radius 3 is 2.48 bits per heavy atom. The van der Waals surface area contributed by atoms with Gasteiger partial charge in [-0.1, -0.05) is 12.0 Å². The summed E-state index contributed by atoms with van der Waals surface area (Å²) < 4.78 is 79.5. The molecular formula is C31H38F3N5O4S. The number of fused-ring (bicyclic) bond motifs is 1. The van der Waals surface area contributed by atoms with Gasteiger partial charge in [0, 0.05) is 42.3 Å². The minimum Gasteiger partial charge on any atom is -0.495 e. The molecule has 2 aromatic carbocycles. The quantitative estimate of drug-likeness (QED) is 0.296. The second kappa shape index (κ2) is 13.7. The lowest BCUT2D eigenvalue weighted by molar-refractivity contribution is -0.140. The fraction of sp³-hybridized carbons (Fsp3) is 0.484. The Bertz CT molecular complexity index is 1620. The van der Waals surface area contributed by atoms with Crippen molar-refractivity contribution in [1.29, 1.82) is 0 Å². The first-order valence-corrected chi connectivity index (χ1v) is 16.2. The second-order valence-electron chi connectivity index (χ2n) is 11.0. The van der Waals surface area contributed by atoms with Crippen LogP contribution in [0.4, 0.5) is 24.5 Å². The summed E-state index contributed by atoms with van der Waals surface area (Å²) in [7, 11) is -0.920. The van der Waals surface area contributed by atoms with Crippen LogP contribution in [0.1, 0.15) is 31.4 Å². The van der Waals surface area contributed by atoms with Crippen molar-refractivity contribution in [3.8, 4) is 17.6 Å². The Labute approximate surface area is 256 Å². The largest absolute Gasteiger partial charge is 0.495 e. The van der Waals surface area contributed by atoms with Gasteiger partial charge in [-0.15, -0.1) is 0 Å². The van der Waals surface area contributed by atoms with Gasteiger partial charge in [-0.25, -0.2) is 13.1 Å². The van der Waals surface area contributed by atoms with Gasteiger partial charge >= 0.3 is 6.18 Å². The van der Waals surface area contributed by atoms with Crippen LogP contribution >= 0.6 is 0 Å². The molecule has 0 atom stereocenters. The number of halogens is 3. The average Bonchev–Trinajstić information content (AvgIpc) is 3.36. The van der Waals surface area contributed by atoms with Gasteiger partial charge in [-0.2, -0.15) is 13.2 Å². The third-order valence-corrected chi connectivity index (χ3v) is 9.65. The molecule has 1 saturated heterocycles. The van der Waals surface area contributed by atoms with E-state index >= 15 is 0 Å². The van der Waals surface area contributed by atoms with Crippen molar-refractivity contribution in [2.75, 3.05) is 57.6 Å². The summed E-state index contributed by atoms with van der Waals surface area (Å²) >= 11 is 0. The molecule has 2 fully saturated rings. The second-order valence-corrected chi connectivity index (χ2v) is 12.9. The van der Waals surface area contributed by atoms with Crippen molar-refractivity contribution < 1.29 is 31.1 Å². The van der Waals surface area contributed by atoms with E-state index in [0.717, 1.165) is 57.7 Å². The number of methoxy groups -OCH3 is 1. The third kappa shape index (κ3) is 7.61. The molecule has 5 rings (SSSR count). The number of anilines is 2. The number of nitrogens with zero attached hydrogens (tertiary/aromatic N) is 2. The predicted molar refractivity (Wildman–Crippen MR) is 165 cm³/mol. The first-order valence-electron chi connectivity index (χ1n) is 14.7. The van der Waals surface area contributed by atoms with Crippen molar-refractivity contribution >= 4 is 32.3 Å². The summed E-state index contributed by atoms with van der Waals surface area (Å²) in [6.45, 7) is 2.43. The molecular weight excluding hydrogens is 595 g/mol. The van der Waals surface area contributed by atoms with Gasteiger partial charge < -0.3 is 24.7 Å². The fourth-order valence-electron chi connectivity index (χ4n) is 5.99. The smallest absolute Gasteiger partial charge is 0.406 e. The summed E-state index contributed by atoms with van der Waals surface area (Å²) in [4.78, 5) is 2.55. The van der Waals surface area contributed by atoms with Crippen molar-refractivity contribution in [1.82, 2.24) is 14.2 Å². The molecule has 1 aliphatic heterocycles. The maximum absolute atomic E-state index is 13.7.